The molecule has 5 heteroatoms. The zero-order valence-corrected chi connectivity index (χ0v) is 9.45. The van der Waals surface area contributed by atoms with Crippen molar-refractivity contribution in [2.45, 2.75) is 0 Å². The Morgan fingerprint density at radius 3 is 2.41 bits per heavy atom. The number of hydrogen-bond acceptors (Lipinski definition) is 4. The Labute approximate surface area is 97.6 Å². The molecule has 1 aromatic carbocycles. The number of ether oxygens (including phenoxy) is 2. The largest absolute Gasteiger partial charge is 0.494 e. The minimum Gasteiger partial charge on any atom is -0.494 e. The highest BCUT2D eigenvalue weighted by Gasteiger charge is 2.19. The maximum atomic E-state index is 13.3. The summed E-state index contributed by atoms with van der Waals surface area (Å²) >= 11 is 0. The summed E-state index contributed by atoms with van der Waals surface area (Å²) in [6.07, 6.45) is 0. The maximum absolute atomic E-state index is 13.3. The van der Waals surface area contributed by atoms with Gasteiger partial charge in [-0.3, -0.25) is 4.79 Å². The molecule has 0 unspecified atom stereocenters. The van der Waals surface area contributed by atoms with E-state index in [0.717, 1.165) is 13.2 Å². The number of benzene rings is 1. The van der Waals surface area contributed by atoms with Crippen LogP contribution >= 0.6 is 0 Å². The van der Waals surface area contributed by atoms with E-state index >= 15 is 0 Å². The summed E-state index contributed by atoms with van der Waals surface area (Å²) in [5.74, 6) is -2.19. The first-order valence-electron chi connectivity index (χ1n) is 4.66. The molecule has 0 amide bonds. The van der Waals surface area contributed by atoms with Gasteiger partial charge in [-0.2, -0.15) is 0 Å². The lowest BCUT2D eigenvalue weighted by molar-refractivity contribution is -0.135. The molecule has 0 N–H and O–H groups in total. The van der Waals surface area contributed by atoms with Crippen molar-refractivity contribution >= 4 is 11.8 Å². The molecule has 0 spiro atoms. The van der Waals surface area contributed by atoms with Gasteiger partial charge in [-0.05, 0) is 18.2 Å². The zero-order valence-electron chi connectivity index (χ0n) is 9.45. The molecule has 0 radical (unpaired) electrons. The number of carbonyl (C=O) groups is 2. The van der Waals surface area contributed by atoms with E-state index in [1.807, 2.05) is 0 Å². The van der Waals surface area contributed by atoms with Crippen LogP contribution in [0.4, 0.5) is 4.39 Å². The third-order valence-electron chi connectivity index (χ3n) is 2.12. The highest BCUT2D eigenvalue weighted by Crippen LogP contribution is 2.19. The van der Waals surface area contributed by atoms with Gasteiger partial charge in [0.2, 0.25) is 0 Å². The fraction of sp³-hybridized carbons (Fsp3) is 0.167. The predicted octanol–water partition coefficient (Wildman–Crippen LogP) is 1.75. The van der Waals surface area contributed by atoms with E-state index in [4.69, 9.17) is 4.74 Å². The van der Waals surface area contributed by atoms with Crippen molar-refractivity contribution in [2.75, 3.05) is 14.2 Å². The van der Waals surface area contributed by atoms with E-state index in [2.05, 4.69) is 11.3 Å². The third kappa shape index (κ3) is 2.69. The quantitative estimate of drug-likeness (QED) is 0.263. The van der Waals surface area contributed by atoms with E-state index in [-0.39, 0.29) is 16.9 Å². The Morgan fingerprint density at radius 1 is 1.29 bits per heavy atom. The SMILES string of the molecule is C=C(C(=O)OC)C(=O)c1ccc(OC)c(F)c1. The van der Waals surface area contributed by atoms with Gasteiger partial charge in [0.05, 0.1) is 14.2 Å². The number of halogens is 1. The minimum absolute atomic E-state index is 0.0127. The molecular formula is C12H11FO4. The molecule has 0 aliphatic heterocycles. The third-order valence-corrected chi connectivity index (χ3v) is 2.12. The van der Waals surface area contributed by atoms with E-state index in [1.165, 1.54) is 19.2 Å². The molecule has 1 aromatic rings. The van der Waals surface area contributed by atoms with Crippen LogP contribution < -0.4 is 4.74 Å². The summed E-state index contributed by atoms with van der Waals surface area (Å²) < 4.78 is 22.4. The van der Waals surface area contributed by atoms with Crippen molar-refractivity contribution in [3.05, 3.63) is 41.7 Å². The van der Waals surface area contributed by atoms with Gasteiger partial charge in [-0.1, -0.05) is 6.58 Å². The molecule has 0 saturated carbocycles. The molecule has 90 valence electrons. The molecule has 17 heavy (non-hydrogen) atoms. The fourth-order valence-electron chi connectivity index (χ4n) is 1.20. The first-order chi connectivity index (χ1) is 8.01. The van der Waals surface area contributed by atoms with Crippen molar-refractivity contribution in [1.82, 2.24) is 0 Å². The normalized spacial score (nSPS) is 9.59. The molecule has 0 saturated heterocycles. The number of esters is 1. The van der Waals surface area contributed by atoms with Gasteiger partial charge < -0.3 is 9.47 Å². The Hall–Kier alpha value is -2.17. The van der Waals surface area contributed by atoms with Crippen molar-refractivity contribution in [3.8, 4) is 5.75 Å². The van der Waals surface area contributed by atoms with Gasteiger partial charge in [0.15, 0.2) is 17.3 Å². The Balaban J connectivity index is 3.02. The van der Waals surface area contributed by atoms with E-state index in [9.17, 15) is 14.0 Å². The summed E-state index contributed by atoms with van der Waals surface area (Å²) in [6.45, 7) is 3.30. The van der Waals surface area contributed by atoms with E-state index < -0.39 is 17.6 Å². The van der Waals surface area contributed by atoms with Gasteiger partial charge in [0.25, 0.3) is 0 Å². The van der Waals surface area contributed by atoms with Gasteiger partial charge in [-0.15, -0.1) is 0 Å². The highest BCUT2D eigenvalue weighted by molar-refractivity contribution is 6.23. The number of rotatable bonds is 4. The van der Waals surface area contributed by atoms with Crippen molar-refractivity contribution in [2.24, 2.45) is 0 Å². The molecule has 0 aromatic heterocycles. The van der Waals surface area contributed by atoms with Crippen molar-refractivity contribution in [1.29, 1.82) is 0 Å². The van der Waals surface area contributed by atoms with Crippen LogP contribution in [-0.2, 0) is 9.53 Å². The summed E-state index contributed by atoms with van der Waals surface area (Å²) in [5, 5.41) is 0. The second kappa shape index (κ2) is 5.25. The van der Waals surface area contributed by atoms with Crippen LogP contribution in [0.2, 0.25) is 0 Å². The van der Waals surface area contributed by atoms with Crippen LogP contribution in [0.25, 0.3) is 0 Å². The number of ketones is 1. The minimum atomic E-state index is -0.841. The molecule has 1 rings (SSSR count). The van der Waals surface area contributed by atoms with Crippen LogP contribution in [0.15, 0.2) is 30.4 Å². The molecule has 0 aliphatic rings. The van der Waals surface area contributed by atoms with Gasteiger partial charge in [0, 0.05) is 5.56 Å². The molecule has 0 bridgehead atoms. The predicted molar refractivity (Wildman–Crippen MR) is 58.4 cm³/mol. The summed E-state index contributed by atoms with van der Waals surface area (Å²) in [6, 6.07) is 3.63. The second-order valence-electron chi connectivity index (χ2n) is 3.15. The number of carbonyl (C=O) groups excluding carboxylic acids is 2. The van der Waals surface area contributed by atoms with Crippen LogP contribution in [0, 0.1) is 5.82 Å². The molecule has 0 aliphatic carbocycles. The van der Waals surface area contributed by atoms with Gasteiger partial charge in [-0.25, -0.2) is 9.18 Å². The lowest BCUT2D eigenvalue weighted by Crippen LogP contribution is -2.13. The number of Topliss-reactive ketones (excluding diaryl/α,β-unsaturated/α-hetero) is 1. The smallest absolute Gasteiger partial charge is 0.341 e. The summed E-state index contributed by atoms with van der Waals surface area (Å²) in [5.41, 5.74) is -0.337. The molecule has 0 heterocycles. The Bertz CT molecular complexity index is 479. The molecular weight excluding hydrogens is 227 g/mol. The standard InChI is InChI=1S/C12H11FO4/c1-7(12(15)17-3)11(14)8-4-5-10(16-2)9(13)6-8/h4-6H,1H2,2-3H3. The van der Waals surface area contributed by atoms with Gasteiger partial charge >= 0.3 is 5.97 Å². The number of hydrogen-bond donors (Lipinski definition) is 0. The second-order valence-corrected chi connectivity index (χ2v) is 3.15. The highest BCUT2D eigenvalue weighted by atomic mass is 19.1. The van der Waals surface area contributed by atoms with Crippen LogP contribution in [-0.4, -0.2) is 26.0 Å². The average Bonchev–Trinajstić information content (AvgIpc) is 2.35. The van der Waals surface area contributed by atoms with Crippen LogP contribution in [0.3, 0.4) is 0 Å². The van der Waals surface area contributed by atoms with Crippen molar-refractivity contribution < 1.29 is 23.5 Å². The van der Waals surface area contributed by atoms with E-state index in [1.54, 1.807) is 0 Å². The Morgan fingerprint density at radius 2 is 1.94 bits per heavy atom. The molecule has 0 fully saturated rings. The lowest BCUT2D eigenvalue weighted by atomic mass is 10.0. The van der Waals surface area contributed by atoms with Gasteiger partial charge in [0.1, 0.15) is 5.57 Å². The monoisotopic (exact) mass is 238 g/mol. The Kier molecular flexibility index (Phi) is 3.98. The number of methoxy groups -OCH3 is 2. The average molecular weight is 238 g/mol. The fourth-order valence-corrected chi connectivity index (χ4v) is 1.20. The maximum Gasteiger partial charge on any atom is 0.341 e. The lowest BCUT2D eigenvalue weighted by Gasteiger charge is -2.05. The topological polar surface area (TPSA) is 52.6 Å². The van der Waals surface area contributed by atoms with E-state index in [0.29, 0.717) is 0 Å². The first kappa shape index (κ1) is 12.9. The van der Waals surface area contributed by atoms with Crippen LogP contribution in [0.5, 0.6) is 5.75 Å². The van der Waals surface area contributed by atoms with Crippen LogP contribution in [0.1, 0.15) is 10.4 Å². The molecule has 4 nitrogen and oxygen atoms in total. The van der Waals surface area contributed by atoms with Crippen molar-refractivity contribution in [3.63, 3.8) is 0 Å². The zero-order chi connectivity index (χ0) is 13.0. The summed E-state index contributed by atoms with van der Waals surface area (Å²) in [4.78, 5) is 22.8. The first-order valence-corrected chi connectivity index (χ1v) is 4.66. The summed E-state index contributed by atoms with van der Waals surface area (Å²) in [7, 11) is 2.45. The molecule has 0 atom stereocenters.